The molecule has 2 atom stereocenters. The zero-order valence-electron chi connectivity index (χ0n) is 19.9. The summed E-state index contributed by atoms with van der Waals surface area (Å²) in [6.07, 6.45) is 6.48. The molecule has 0 unspecified atom stereocenters. The van der Waals surface area contributed by atoms with Crippen molar-refractivity contribution in [2.45, 2.75) is 44.6 Å². The van der Waals surface area contributed by atoms with E-state index < -0.39 is 12.0 Å². The van der Waals surface area contributed by atoms with Gasteiger partial charge in [0.05, 0.1) is 31.8 Å². The fourth-order valence-corrected chi connectivity index (χ4v) is 3.21. The SMILES string of the molecule is C=CCCCCC(=O)OC[C@@H](NC(=O)[C@H](CC=C)CC(=O)NCCOCCO)c1ccccc1. The maximum absolute atomic E-state index is 13.0. The summed E-state index contributed by atoms with van der Waals surface area (Å²) in [6, 6.07) is 8.73. The lowest BCUT2D eigenvalue weighted by atomic mass is 9.98. The lowest BCUT2D eigenvalue weighted by Crippen LogP contribution is -2.39. The van der Waals surface area contributed by atoms with Crippen molar-refractivity contribution < 1.29 is 29.0 Å². The molecule has 34 heavy (non-hydrogen) atoms. The van der Waals surface area contributed by atoms with Gasteiger partial charge < -0.3 is 25.2 Å². The van der Waals surface area contributed by atoms with Crippen LogP contribution in [0.4, 0.5) is 0 Å². The van der Waals surface area contributed by atoms with Gasteiger partial charge in [0, 0.05) is 19.4 Å². The smallest absolute Gasteiger partial charge is 0.305 e. The van der Waals surface area contributed by atoms with E-state index in [1.165, 1.54) is 0 Å². The summed E-state index contributed by atoms with van der Waals surface area (Å²) in [5.41, 5.74) is 0.804. The molecule has 0 aromatic heterocycles. The molecule has 1 rings (SSSR count). The molecule has 2 amide bonds. The number of allylic oxidation sites excluding steroid dienone is 2. The minimum absolute atomic E-state index is 0.00521. The number of rotatable bonds is 19. The summed E-state index contributed by atoms with van der Waals surface area (Å²) in [5, 5.41) is 14.3. The first-order valence-corrected chi connectivity index (χ1v) is 11.7. The van der Waals surface area contributed by atoms with Gasteiger partial charge in [0.15, 0.2) is 0 Å². The molecule has 8 nitrogen and oxygen atoms in total. The van der Waals surface area contributed by atoms with E-state index >= 15 is 0 Å². The minimum atomic E-state index is -0.614. The van der Waals surface area contributed by atoms with Gasteiger partial charge in [0.25, 0.3) is 0 Å². The van der Waals surface area contributed by atoms with Crippen molar-refractivity contribution in [2.24, 2.45) is 5.92 Å². The number of ether oxygens (including phenoxy) is 2. The van der Waals surface area contributed by atoms with Crippen LogP contribution in [-0.2, 0) is 23.9 Å². The van der Waals surface area contributed by atoms with Crippen LogP contribution in [0.15, 0.2) is 55.6 Å². The molecule has 0 heterocycles. The number of hydrogen-bond acceptors (Lipinski definition) is 6. The number of aliphatic hydroxyl groups is 1. The Morgan fingerprint density at radius 3 is 2.50 bits per heavy atom. The summed E-state index contributed by atoms with van der Waals surface area (Å²) in [6.45, 7) is 8.06. The summed E-state index contributed by atoms with van der Waals surface area (Å²) in [5.74, 6) is -1.53. The van der Waals surface area contributed by atoms with Crippen LogP contribution in [0, 0.1) is 5.92 Å². The van der Waals surface area contributed by atoms with Gasteiger partial charge >= 0.3 is 5.97 Å². The second-order valence-corrected chi connectivity index (χ2v) is 7.80. The van der Waals surface area contributed by atoms with Gasteiger partial charge in [-0.25, -0.2) is 0 Å². The maximum atomic E-state index is 13.0. The first-order chi connectivity index (χ1) is 16.5. The van der Waals surface area contributed by atoms with E-state index in [1.54, 1.807) is 6.08 Å². The topological polar surface area (TPSA) is 114 Å². The normalized spacial score (nSPS) is 12.3. The molecule has 0 fully saturated rings. The Bertz CT molecular complexity index is 753. The highest BCUT2D eigenvalue weighted by atomic mass is 16.5. The van der Waals surface area contributed by atoms with Crippen LogP contribution in [-0.4, -0.2) is 55.9 Å². The van der Waals surface area contributed by atoms with Crippen LogP contribution in [0.5, 0.6) is 0 Å². The van der Waals surface area contributed by atoms with E-state index in [-0.39, 0.29) is 57.2 Å². The molecule has 0 saturated carbocycles. The van der Waals surface area contributed by atoms with Gasteiger partial charge in [-0.3, -0.25) is 14.4 Å². The highest BCUT2D eigenvalue weighted by Gasteiger charge is 2.24. The largest absolute Gasteiger partial charge is 0.463 e. The second-order valence-electron chi connectivity index (χ2n) is 7.80. The van der Waals surface area contributed by atoms with Gasteiger partial charge in [-0.1, -0.05) is 42.5 Å². The van der Waals surface area contributed by atoms with Gasteiger partial charge in [-0.15, -0.1) is 13.2 Å². The minimum Gasteiger partial charge on any atom is -0.463 e. The van der Waals surface area contributed by atoms with Crippen molar-refractivity contribution in [1.82, 2.24) is 10.6 Å². The van der Waals surface area contributed by atoms with Gasteiger partial charge in [0.2, 0.25) is 11.8 Å². The average molecular weight is 475 g/mol. The first-order valence-electron chi connectivity index (χ1n) is 11.7. The zero-order chi connectivity index (χ0) is 25.0. The van der Waals surface area contributed by atoms with Crippen LogP contribution < -0.4 is 10.6 Å². The van der Waals surface area contributed by atoms with Crippen molar-refractivity contribution in [3.8, 4) is 0 Å². The number of hydrogen-bond donors (Lipinski definition) is 3. The molecule has 0 aliphatic rings. The molecule has 8 heteroatoms. The summed E-state index contributed by atoms with van der Waals surface area (Å²) >= 11 is 0. The number of amides is 2. The van der Waals surface area contributed by atoms with Gasteiger partial charge in [-0.05, 0) is 31.2 Å². The van der Waals surface area contributed by atoms with E-state index in [9.17, 15) is 14.4 Å². The molecular weight excluding hydrogens is 436 g/mol. The number of carbonyl (C=O) groups is 3. The third-order valence-corrected chi connectivity index (χ3v) is 5.03. The summed E-state index contributed by atoms with van der Waals surface area (Å²) in [7, 11) is 0. The molecule has 1 aromatic rings. The number of unbranched alkanes of at least 4 members (excludes halogenated alkanes) is 2. The van der Waals surface area contributed by atoms with Crippen LogP contribution in [0.2, 0.25) is 0 Å². The fourth-order valence-electron chi connectivity index (χ4n) is 3.21. The van der Waals surface area contributed by atoms with Crippen molar-refractivity contribution in [1.29, 1.82) is 0 Å². The Kier molecular flexibility index (Phi) is 15.8. The van der Waals surface area contributed by atoms with Crippen LogP contribution in [0.1, 0.15) is 50.1 Å². The monoisotopic (exact) mass is 474 g/mol. The number of benzene rings is 1. The number of nitrogens with one attached hydrogen (secondary N) is 2. The number of carbonyl (C=O) groups excluding carboxylic acids is 3. The third kappa shape index (κ3) is 12.9. The Labute approximate surface area is 202 Å². The Morgan fingerprint density at radius 1 is 1.06 bits per heavy atom. The van der Waals surface area contributed by atoms with E-state index in [0.717, 1.165) is 24.8 Å². The fraction of sp³-hybridized carbons (Fsp3) is 0.500. The Morgan fingerprint density at radius 2 is 1.82 bits per heavy atom. The molecule has 0 radical (unpaired) electrons. The summed E-state index contributed by atoms with van der Waals surface area (Å²) < 4.78 is 10.5. The van der Waals surface area contributed by atoms with Crippen molar-refractivity contribution in [2.75, 3.05) is 33.0 Å². The standard InChI is InChI=1S/C26H38N2O6/c1-3-5-6-10-14-25(31)34-20-23(21-12-8-7-9-13-21)28-26(32)22(11-4-2)19-24(30)27-15-17-33-18-16-29/h3-4,7-9,12-13,22-23,29H,1-2,5-6,10-11,14-20H2,(H,27,30)(H,28,32)/t22-,23-/m1/s1. The van der Waals surface area contributed by atoms with E-state index in [0.29, 0.717) is 12.8 Å². The van der Waals surface area contributed by atoms with E-state index in [1.807, 2.05) is 36.4 Å². The Balaban J connectivity index is 2.68. The molecule has 0 aliphatic carbocycles. The molecular formula is C26H38N2O6. The summed E-state index contributed by atoms with van der Waals surface area (Å²) in [4.78, 5) is 37.4. The quantitative estimate of drug-likeness (QED) is 0.161. The lowest BCUT2D eigenvalue weighted by Gasteiger charge is -2.22. The highest BCUT2D eigenvalue weighted by molar-refractivity contribution is 5.86. The lowest BCUT2D eigenvalue weighted by molar-refractivity contribution is -0.145. The number of aliphatic hydroxyl groups excluding tert-OH is 1. The maximum Gasteiger partial charge on any atom is 0.305 e. The molecule has 0 aliphatic heterocycles. The molecule has 0 saturated heterocycles. The highest BCUT2D eigenvalue weighted by Crippen LogP contribution is 2.17. The van der Waals surface area contributed by atoms with E-state index in [2.05, 4.69) is 23.8 Å². The Hall–Kier alpha value is -2.97. The second kappa shape index (κ2) is 18.5. The zero-order valence-corrected chi connectivity index (χ0v) is 19.9. The van der Waals surface area contributed by atoms with E-state index in [4.69, 9.17) is 14.6 Å². The van der Waals surface area contributed by atoms with Gasteiger partial charge in [0.1, 0.15) is 6.61 Å². The predicted molar refractivity (Wildman–Crippen MR) is 131 cm³/mol. The van der Waals surface area contributed by atoms with Crippen LogP contribution in [0.3, 0.4) is 0 Å². The first kappa shape index (κ1) is 29.1. The van der Waals surface area contributed by atoms with Crippen molar-refractivity contribution in [3.63, 3.8) is 0 Å². The van der Waals surface area contributed by atoms with Crippen LogP contribution in [0.25, 0.3) is 0 Å². The van der Waals surface area contributed by atoms with Crippen molar-refractivity contribution in [3.05, 3.63) is 61.2 Å². The average Bonchev–Trinajstić information content (AvgIpc) is 2.84. The molecule has 1 aromatic carbocycles. The molecule has 3 N–H and O–H groups in total. The molecule has 0 spiro atoms. The number of esters is 1. The predicted octanol–water partition coefficient (Wildman–Crippen LogP) is 2.84. The molecule has 0 bridgehead atoms. The van der Waals surface area contributed by atoms with Crippen LogP contribution >= 0.6 is 0 Å². The van der Waals surface area contributed by atoms with Crippen molar-refractivity contribution >= 4 is 17.8 Å². The third-order valence-electron chi connectivity index (χ3n) is 5.03. The van der Waals surface area contributed by atoms with Gasteiger partial charge in [-0.2, -0.15) is 0 Å². The molecule has 188 valence electrons.